The van der Waals surface area contributed by atoms with E-state index in [9.17, 15) is 4.79 Å². The lowest BCUT2D eigenvalue weighted by atomic mass is 9.88. The summed E-state index contributed by atoms with van der Waals surface area (Å²) < 4.78 is 4.78. The van der Waals surface area contributed by atoms with Crippen molar-refractivity contribution in [2.45, 2.75) is 25.2 Å². The normalized spacial score (nSPS) is 20.8. The Morgan fingerprint density at radius 1 is 1.69 bits per heavy atom. The third kappa shape index (κ3) is 1.48. The first-order valence-electron chi connectivity index (χ1n) is 4.47. The maximum atomic E-state index is 11.4. The molecule has 0 N–H and O–H groups in total. The number of methoxy groups -OCH3 is 1. The second-order valence-corrected chi connectivity index (χ2v) is 4.27. The number of hydrogen-bond acceptors (Lipinski definition) is 3. The largest absolute Gasteiger partial charge is 0.469 e. The van der Waals surface area contributed by atoms with E-state index in [0.29, 0.717) is 0 Å². The van der Waals surface area contributed by atoms with Crippen molar-refractivity contribution in [2.75, 3.05) is 7.11 Å². The van der Waals surface area contributed by atoms with Crippen LogP contribution in [0.15, 0.2) is 11.4 Å². The fraction of sp³-hybridized carbons (Fsp3) is 0.500. The molecule has 0 radical (unpaired) electrons. The Labute approximate surface area is 81.5 Å². The summed E-state index contributed by atoms with van der Waals surface area (Å²) in [5.41, 5.74) is 1.20. The van der Waals surface area contributed by atoms with Crippen molar-refractivity contribution in [3.05, 3.63) is 21.9 Å². The Bertz CT molecular complexity index is 316. The second kappa shape index (κ2) is 3.50. The molecule has 3 heteroatoms. The van der Waals surface area contributed by atoms with E-state index in [0.717, 1.165) is 19.3 Å². The van der Waals surface area contributed by atoms with Crippen LogP contribution in [0.4, 0.5) is 0 Å². The molecule has 1 atom stereocenters. The number of ether oxygens (including phenoxy) is 1. The molecule has 0 aliphatic heterocycles. The molecule has 1 aromatic rings. The van der Waals surface area contributed by atoms with E-state index in [1.54, 1.807) is 11.3 Å². The Morgan fingerprint density at radius 2 is 2.54 bits per heavy atom. The van der Waals surface area contributed by atoms with Gasteiger partial charge in [0, 0.05) is 4.88 Å². The molecular weight excluding hydrogens is 184 g/mol. The Hall–Kier alpha value is -0.830. The number of rotatable bonds is 1. The summed E-state index contributed by atoms with van der Waals surface area (Å²) in [6, 6.07) is 2.06. The Morgan fingerprint density at radius 3 is 3.31 bits per heavy atom. The van der Waals surface area contributed by atoms with Gasteiger partial charge in [0.15, 0.2) is 0 Å². The van der Waals surface area contributed by atoms with Crippen LogP contribution < -0.4 is 0 Å². The highest BCUT2D eigenvalue weighted by Crippen LogP contribution is 2.35. The maximum absolute atomic E-state index is 11.4. The summed E-state index contributed by atoms with van der Waals surface area (Å²) in [6.07, 6.45) is 3.17. The lowest BCUT2D eigenvalue weighted by Gasteiger charge is -2.19. The number of thiophene rings is 1. The van der Waals surface area contributed by atoms with Crippen molar-refractivity contribution in [3.63, 3.8) is 0 Å². The van der Waals surface area contributed by atoms with Gasteiger partial charge in [-0.2, -0.15) is 0 Å². The summed E-state index contributed by atoms with van der Waals surface area (Å²) >= 11 is 1.75. The first-order valence-corrected chi connectivity index (χ1v) is 5.35. The van der Waals surface area contributed by atoms with Crippen molar-refractivity contribution < 1.29 is 9.53 Å². The first kappa shape index (κ1) is 8.75. The van der Waals surface area contributed by atoms with Gasteiger partial charge in [0.25, 0.3) is 0 Å². The fourth-order valence-corrected chi connectivity index (χ4v) is 2.86. The molecule has 0 spiro atoms. The Kier molecular flexibility index (Phi) is 2.36. The van der Waals surface area contributed by atoms with E-state index in [4.69, 9.17) is 4.74 Å². The van der Waals surface area contributed by atoms with Gasteiger partial charge in [-0.1, -0.05) is 0 Å². The lowest BCUT2D eigenvalue weighted by Crippen LogP contribution is -2.18. The number of fused-ring (bicyclic) bond motifs is 1. The minimum Gasteiger partial charge on any atom is -0.469 e. The number of aryl methyl sites for hydroxylation is 1. The van der Waals surface area contributed by atoms with E-state index in [1.807, 2.05) is 0 Å². The minimum atomic E-state index is -0.0839. The smallest absolute Gasteiger partial charge is 0.313 e. The molecular formula is C10H12O2S. The van der Waals surface area contributed by atoms with E-state index >= 15 is 0 Å². The predicted molar refractivity (Wildman–Crippen MR) is 52.0 cm³/mol. The Balaban J connectivity index is 2.30. The summed E-state index contributed by atoms with van der Waals surface area (Å²) in [4.78, 5) is 12.8. The SMILES string of the molecule is COC(=O)C1CCCc2sccc21. The molecule has 0 saturated heterocycles. The standard InChI is InChI=1S/C10H12O2S/c1-12-10(11)8-3-2-4-9-7(8)5-6-13-9/h5-6,8H,2-4H2,1H3. The topological polar surface area (TPSA) is 26.3 Å². The zero-order valence-corrected chi connectivity index (χ0v) is 8.39. The monoisotopic (exact) mass is 196 g/mol. The summed E-state index contributed by atoms with van der Waals surface area (Å²) in [6.45, 7) is 0. The van der Waals surface area contributed by atoms with Gasteiger partial charge in [-0.05, 0) is 36.3 Å². The number of hydrogen-bond donors (Lipinski definition) is 0. The maximum Gasteiger partial charge on any atom is 0.313 e. The van der Waals surface area contributed by atoms with Crippen LogP contribution in [0, 0.1) is 0 Å². The second-order valence-electron chi connectivity index (χ2n) is 3.27. The van der Waals surface area contributed by atoms with Crippen molar-refractivity contribution in [1.82, 2.24) is 0 Å². The molecule has 0 bridgehead atoms. The first-order chi connectivity index (χ1) is 6.33. The van der Waals surface area contributed by atoms with Gasteiger partial charge in [-0.25, -0.2) is 0 Å². The molecule has 1 heterocycles. The molecule has 1 aliphatic carbocycles. The van der Waals surface area contributed by atoms with Crippen LogP contribution in [0.25, 0.3) is 0 Å². The van der Waals surface area contributed by atoms with Gasteiger partial charge in [-0.3, -0.25) is 4.79 Å². The van der Waals surface area contributed by atoms with Crippen LogP contribution in [0.1, 0.15) is 29.2 Å². The van der Waals surface area contributed by atoms with Crippen LogP contribution in [-0.4, -0.2) is 13.1 Å². The van der Waals surface area contributed by atoms with Gasteiger partial charge >= 0.3 is 5.97 Å². The molecule has 2 nitrogen and oxygen atoms in total. The van der Waals surface area contributed by atoms with Crippen molar-refractivity contribution >= 4 is 17.3 Å². The number of carbonyl (C=O) groups is 1. The quantitative estimate of drug-likeness (QED) is 0.644. The molecule has 0 aromatic carbocycles. The average molecular weight is 196 g/mol. The molecule has 1 unspecified atom stereocenters. The molecule has 0 saturated carbocycles. The van der Waals surface area contributed by atoms with Crippen LogP contribution in [0.3, 0.4) is 0 Å². The predicted octanol–water partition coefficient (Wildman–Crippen LogP) is 2.34. The molecule has 13 heavy (non-hydrogen) atoms. The number of carbonyl (C=O) groups excluding carboxylic acids is 1. The van der Waals surface area contributed by atoms with E-state index in [2.05, 4.69) is 11.4 Å². The molecule has 2 rings (SSSR count). The summed E-state index contributed by atoms with van der Waals surface area (Å²) in [7, 11) is 1.46. The van der Waals surface area contributed by atoms with Gasteiger partial charge in [0.05, 0.1) is 13.0 Å². The van der Waals surface area contributed by atoms with Gasteiger partial charge < -0.3 is 4.74 Å². The van der Waals surface area contributed by atoms with Crippen LogP contribution in [-0.2, 0) is 16.0 Å². The van der Waals surface area contributed by atoms with Gasteiger partial charge in [0.2, 0.25) is 0 Å². The molecule has 1 aromatic heterocycles. The van der Waals surface area contributed by atoms with Gasteiger partial charge in [0.1, 0.15) is 0 Å². The number of esters is 1. The highest BCUT2D eigenvalue weighted by molar-refractivity contribution is 7.10. The molecule has 0 fully saturated rings. The van der Waals surface area contributed by atoms with Crippen molar-refractivity contribution in [2.24, 2.45) is 0 Å². The van der Waals surface area contributed by atoms with Crippen molar-refractivity contribution in [1.29, 1.82) is 0 Å². The third-order valence-electron chi connectivity index (χ3n) is 2.54. The zero-order valence-electron chi connectivity index (χ0n) is 7.58. The van der Waals surface area contributed by atoms with Crippen LogP contribution in [0.2, 0.25) is 0 Å². The molecule has 70 valence electrons. The minimum absolute atomic E-state index is 0.000000000000000666. The highest BCUT2D eigenvalue weighted by atomic mass is 32.1. The van der Waals surface area contributed by atoms with E-state index < -0.39 is 0 Å². The zero-order chi connectivity index (χ0) is 9.26. The molecule has 0 amide bonds. The highest BCUT2D eigenvalue weighted by Gasteiger charge is 2.27. The summed E-state index contributed by atoms with van der Waals surface area (Å²) in [5, 5.41) is 2.06. The summed E-state index contributed by atoms with van der Waals surface area (Å²) in [5.74, 6) is -0.0839. The van der Waals surface area contributed by atoms with Gasteiger partial charge in [-0.15, -0.1) is 11.3 Å². The van der Waals surface area contributed by atoms with Crippen molar-refractivity contribution in [3.8, 4) is 0 Å². The third-order valence-corrected chi connectivity index (χ3v) is 3.53. The van der Waals surface area contributed by atoms with Crippen LogP contribution in [0.5, 0.6) is 0 Å². The average Bonchev–Trinajstić information content (AvgIpc) is 2.63. The van der Waals surface area contributed by atoms with E-state index in [-0.39, 0.29) is 11.9 Å². The lowest BCUT2D eigenvalue weighted by molar-refractivity contribution is -0.142. The van der Waals surface area contributed by atoms with Crippen LogP contribution >= 0.6 is 11.3 Å². The van der Waals surface area contributed by atoms with E-state index in [1.165, 1.54) is 17.6 Å². The molecule has 1 aliphatic rings. The fourth-order valence-electron chi connectivity index (χ4n) is 1.87.